The number of carbonyl (C=O) groups is 1. The Balaban J connectivity index is 1.66. The van der Waals surface area contributed by atoms with Crippen molar-refractivity contribution in [3.8, 4) is 5.75 Å². The van der Waals surface area contributed by atoms with Crippen LogP contribution in [0, 0.1) is 0 Å². The van der Waals surface area contributed by atoms with Gasteiger partial charge in [-0.2, -0.15) is 4.31 Å². The van der Waals surface area contributed by atoms with Gasteiger partial charge in [0.15, 0.2) is 0 Å². The Morgan fingerprint density at radius 2 is 2.00 bits per heavy atom. The van der Waals surface area contributed by atoms with Gasteiger partial charge in [0.2, 0.25) is 10.0 Å². The number of hydrogen-bond donors (Lipinski definition) is 0. The molecule has 0 N–H and O–H groups in total. The predicted octanol–water partition coefficient (Wildman–Crippen LogP) is 2.11. The minimum absolute atomic E-state index is 0.0808. The molecular formula is C20H24N2O6S. The van der Waals surface area contributed by atoms with E-state index >= 15 is 0 Å². The summed E-state index contributed by atoms with van der Waals surface area (Å²) in [5.41, 5.74) is 0.236. The van der Waals surface area contributed by atoms with Crippen molar-refractivity contribution in [2.24, 2.45) is 0 Å². The van der Waals surface area contributed by atoms with Gasteiger partial charge in [-0.1, -0.05) is 0 Å². The van der Waals surface area contributed by atoms with Gasteiger partial charge in [0.1, 0.15) is 11.5 Å². The molecule has 1 saturated heterocycles. The van der Waals surface area contributed by atoms with Gasteiger partial charge in [0, 0.05) is 19.1 Å². The lowest BCUT2D eigenvalue weighted by Gasteiger charge is -2.27. The summed E-state index contributed by atoms with van der Waals surface area (Å²) in [5, 5.41) is 0. The normalized spacial score (nSPS) is 17.8. The summed E-state index contributed by atoms with van der Waals surface area (Å²) in [7, 11) is -2.25. The molecule has 1 amide bonds. The minimum Gasteiger partial charge on any atom is -0.496 e. The number of furan rings is 1. The van der Waals surface area contributed by atoms with Crippen LogP contribution in [0.1, 0.15) is 29.0 Å². The molecular weight excluding hydrogens is 396 g/mol. The van der Waals surface area contributed by atoms with Crippen LogP contribution in [-0.2, 0) is 21.3 Å². The van der Waals surface area contributed by atoms with Gasteiger partial charge in [-0.3, -0.25) is 4.79 Å². The molecule has 0 spiro atoms. The van der Waals surface area contributed by atoms with E-state index in [4.69, 9.17) is 13.9 Å². The zero-order valence-corrected chi connectivity index (χ0v) is 17.1. The smallest absolute Gasteiger partial charge is 0.258 e. The second-order valence-electron chi connectivity index (χ2n) is 7.12. The number of methoxy groups -OCH3 is 1. The second kappa shape index (κ2) is 8.17. The molecule has 2 aliphatic rings. The number of carbonyl (C=O) groups excluding carboxylic acids is 1. The fraction of sp³-hybridized carbons (Fsp3) is 0.450. The van der Waals surface area contributed by atoms with Gasteiger partial charge in [-0.25, -0.2) is 8.42 Å². The third kappa shape index (κ3) is 4.17. The van der Waals surface area contributed by atoms with E-state index in [-0.39, 0.29) is 22.4 Å². The van der Waals surface area contributed by atoms with Crippen LogP contribution in [0.5, 0.6) is 5.75 Å². The SMILES string of the molecule is COc1ccc(S(=O)(=O)N2CCOCC2)cc1C(=O)N(Cc1ccco1)C1CC1. The Labute approximate surface area is 170 Å². The van der Waals surface area contributed by atoms with E-state index in [1.165, 1.54) is 23.5 Å². The molecule has 1 aliphatic carbocycles. The van der Waals surface area contributed by atoms with Crippen molar-refractivity contribution in [2.45, 2.75) is 30.3 Å². The monoisotopic (exact) mass is 420 g/mol. The summed E-state index contributed by atoms with van der Waals surface area (Å²) < 4.78 is 43.4. The van der Waals surface area contributed by atoms with Crippen molar-refractivity contribution in [1.82, 2.24) is 9.21 Å². The summed E-state index contributed by atoms with van der Waals surface area (Å²) in [5.74, 6) is 0.766. The Morgan fingerprint density at radius 1 is 1.24 bits per heavy atom. The minimum atomic E-state index is -3.71. The van der Waals surface area contributed by atoms with Crippen molar-refractivity contribution in [3.63, 3.8) is 0 Å². The van der Waals surface area contributed by atoms with Gasteiger partial charge >= 0.3 is 0 Å². The Morgan fingerprint density at radius 3 is 2.62 bits per heavy atom. The Hall–Kier alpha value is -2.36. The largest absolute Gasteiger partial charge is 0.496 e. The zero-order valence-electron chi connectivity index (χ0n) is 16.2. The van der Waals surface area contributed by atoms with E-state index in [0.717, 1.165) is 12.8 Å². The van der Waals surface area contributed by atoms with E-state index in [0.29, 0.717) is 44.4 Å². The Kier molecular flexibility index (Phi) is 5.62. The topological polar surface area (TPSA) is 89.3 Å². The highest BCUT2D eigenvalue weighted by molar-refractivity contribution is 7.89. The quantitative estimate of drug-likeness (QED) is 0.682. The molecule has 1 aromatic heterocycles. The molecule has 0 atom stereocenters. The van der Waals surface area contributed by atoms with Crippen molar-refractivity contribution in [2.75, 3.05) is 33.4 Å². The molecule has 2 aromatic rings. The Bertz CT molecular complexity index is 963. The predicted molar refractivity (Wildman–Crippen MR) is 104 cm³/mol. The van der Waals surface area contributed by atoms with E-state index in [2.05, 4.69) is 0 Å². The van der Waals surface area contributed by atoms with Crippen LogP contribution < -0.4 is 4.74 Å². The van der Waals surface area contributed by atoms with Gasteiger partial charge in [0.05, 0.1) is 43.6 Å². The fourth-order valence-corrected chi connectivity index (χ4v) is 4.86. The number of rotatable bonds is 7. The molecule has 0 radical (unpaired) electrons. The van der Waals surface area contributed by atoms with E-state index < -0.39 is 10.0 Å². The van der Waals surface area contributed by atoms with Crippen molar-refractivity contribution in [3.05, 3.63) is 47.9 Å². The molecule has 2 heterocycles. The second-order valence-corrected chi connectivity index (χ2v) is 9.06. The van der Waals surface area contributed by atoms with Crippen LogP contribution in [0.15, 0.2) is 45.9 Å². The maximum atomic E-state index is 13.4. The molecule has 1 aromatic carbocycles. The first-order valence-electron chi connectivity index (χ1n) is 9.60. The lowest BCUT2D eigenvalue weighted by atomic mass is 10.1. The summed E-state index contributed by atoms with van der Waals surface area (Å²) in [6.07, 6.45) is 3.40. The third-order valence-electron chi connectivity index (χ3n) is 5.16. The van der Waals surface area contributed by atoms with Crippen LogP contribution in [-0.4, -0.2) is 63.0 Å². The van der Waals surface area contributed by atoms with Crippen LogP contribution in [0.3, 0.4) is 0 Å². The standard InChI is InChI=1S/C20H24N2O6S/c1-26-19-7-6-17(29(24,25)21-8-11-27-12-9-21)13-18(19)20(23)22(15-4-5-15)14-16-3-2-10-28-16/h2-3,6-7,10,13,15H,4-5,8-9,11-12,14H2,1H3. The molecule has 29 heavy (non-hydrogen) atoms. The number of sulfonamides is 1. The van der Waals surface area contributed by atoms with Gasteiger partial charge < -0.3 is 18.8 Å². The highest BCUT2D eigenvalue weighted by Gasteiger charge is 2.35. The van der Waals surface area contributed by atoms with E-state index in [9.17, 15) is 13.2 Å². The molecule has 0 unspecified atom stereocenters. The van der Waals surface area contributed by atoms with E-state index in [1.807, 2.05) is 6.07 Å². The average Bonchev–Trinajstić information content (AvgIpc) is 3.46. The summed E-state index contributed by atoms with van der Waals surface area (Å²) in [4.78, 5) is 15.2. The average molecular weight is 420 g/mol. The first-order valence-corrected chi connectivity index (χ1v) is 11.0. The first kappa shape index (κ1) is 19.9. The molecule has 8 nitrogen and oxygen atoms in total. The third-order valence-corrected chi connectivity index (χ3v) is 7.06. The number of morpholine rings is 1. The van der Waals surface area contributed by atoms with Gasteiger partial charge in [-0.05, 0) is 43.2 Å². The number of benzene rings is 1. The summed E-state index contributed by atoms with van der Waals surface area (Å²) in [6, 6.07) is 8.16. The van der Waals surface area contributed by atoms with Crippen LogP contribution in [0.2, 0.25) is 0 Å². The molecule has 1 saturated carbocycles. The number of hydrogen-bond acceptors (Lipinski definition) is 6. The van der Waals surface area contributed by atoms with Gasteiger partial charge in [0.25, 0.3) is 5.91 Å². The highest BCUT2D eigenvalue weighted by atomic mass is 32.2. The van der Waals surface area contributed by atoms with Gasteiger partial charge in [-0.15, -0.1) is 0 Å². The van der Waals surface area contributed by atoms with E-state index in [1.54, 1.807) is 23.3 Å². The van der Waals surface area contributed by atoms with Crippen molar-refractivity contribution in [1.29, 1.82) is 0 Å². The number of ether oxygens (including phenoxy) is 2. The maximum Gasteiger partial charge on any atom is 0.258 e. The number of amides is 1. The maximum absolute atomic E-state index is 13.4. The molecule has 2 fully saturated rings. The zero-order chi connectivity index (χ0) is 20.4. The highest BCUT2D eigenvalue weighted by Crippen LogP contribution is 2.33. The molecule has 1 aliphatic heterocycles. The summed E-state index contributed by atoms with van der Waals surface area (Å²) >= 11 is 0. The van der Waals surface area contributed by atoms with Crippen LogP contribution in [0.4, 0.5) is 0 Å². The van der Waals surface area contributed by atoms with Crippen LogP contribution >= 0.6 is 0 Å². The molecule has 0 bridgehead atoms. The van der Waals surface area contributed by atoms with Crippen molar-refractivity contribution < 1.29 is 27.1 Å². The molecule has 4 rings (SSSR count). The molecule has 9 heteroatoms. The van der Waals surface area contributed by atoms with Crippen LogP contribution in [0.25, 0.3) is 0 Å². The fourth-order valence-electron chi connectivity index (χ4n) is 3.43. The lowest BCUT2D eigenvalue weighted by Crippen LogP contribution is -2.40. The number of nitrogens with zero attached hydrogens (tertiary/aromatic N) is 2. The molecule has 156 valence electrons. The summed E-state index contributed by atoms with van der Waals surface area (Å²) in [6.45, 7) is 1.65. The lowest BCUT2D eigenvalue weighted by molar-refractivity contribution is 0.0712. The van der Waals surface area contributed by atoms with Crippen molar-refractivity contribution >= 4 is 15.9 Å². The first-order chi connectivity index (χ1) is 14.0.